The van der Waals surface area contributed by atoms with Crippen LogP contribution in [0.1, 0.15) is 20.3 Å². The number of anilines is 1. The van der Waals surface area contributed by atoms with Gasteiger partial charge in [0.2, 0.25) is 0 Å². The molecule has 0 spiro atoms. The van der Waals surface area contributed by atoms with Crippen LogP contribution in [0.4, 0.5) is 5.69 Å². The van der Waals surface area contributed by atoms with Crippen LogP contribution in [-0.4, -0.2) is 28.6 Å². The predicted molar refractivity (Wildman–Crippen MR) is 68.7 cm³/mol. The molecule has 0 saturated carbocycles. The van der Waals surface area contributed by atoms with Crippen molar-refractivity contribution in [2.45, 2.75) is 25.8 Å². The maximum atomic E-state index is 10.9. The Labute approximate surface area is 105 Å². The lowest BCUT2D eigenvalue weighted by Gasteiger charge is -2.36. The fourth-order valence-electron chi connectivity index (χ4n) is 1.89. The summed E-state index contributed by atoms with van der Waals surface area (Å²) in [4.78, 5) is 16.9. The molecule has 1 heterocycles. The minimum atomic E-state index is -0.812. The zero-order valence-electron chi connectivity index (χ0n) is 10.7. The number of aromatic nitrogens is 1. The van der Waals surface area contributed by atoms with Gasteiger partial charge in [0.05, 0.1) is 6.42 Å². The minimum Gasteiger partial charge on any atom is -0.481 e. The maximum absolute atomic E-state index is 10.9. The zero-order chi connectivity index (χ0) is 13.3. The number of carboxylic acids is 1. The van der Waals surface area contributed by atoms with Crippen molar-refractivity contribution < 1.29 is 14.3 Å². The predicted octanol–water partition coefficient (Wildman–Crippen LogP) is 2.52. The molecule has 96 valence electrons. The first-order valence-corrected chi connectivity index (χ1v) is 5.69. The Hall–Kier alpha value is -2.04. The topological polar surface area (TPSA) is 66.6 Å². The number of benzene rings is 1. The zero-order valence-corrected chi connectivity index (χ0v) is 10.7. The summed E-state index contributed by atoms with van der Waals surface area (Å²) in [6.45, 7) is 3.79. The van der Waals surface area contributed by atoms with Crippen LogP contribution in [0.5, 0.6) is 0 Å². The van der Waals surface area contributed by atoms with E-state index in [1.165, 1.54) is 6.39 Å². The van der Waals surface area contributed by atoms with E-state index in [1.807, 2.05) is 44.0 Å². The molecule has 1 aromatic heterocycles. The molecular weight excluding hydrogens is 232 g/mol. The number of carbonyl (C=O) groups is 1. The van der Waals surface area contributed by atoms with E-state index in [9.17, 15) is 4.79 Å². The van der Waals surface area contributed by atoms with Gasteiger partial charge < -0.3 is 14.4 Å². The largest absolute Gasteiger partial charge is 0.481 e. The van der Waals surface area contributed by atoms with Gasteiger partial charge in [-0.25, -0.2) is 4.98 Å². The van der Waals surface area contributed by atoms with Crippen molar-refractivity contribution in [2.75, 3.05) is 11.9 Å². The quantitative estimate of drug-likeness (QED) is 0.900. The number of rotatable bonds is 4. The van der Waals surface area contributed by atoms with Gasteiger partial charge in [0.1, 0.15) is 5.52 Å². The summed E-state index contributed by atoms with van der Waals surface area (Å²) in [5.41, 5.74) is 1.93. The summed E-state index contributed by atoms with van der Waals surface area (Å²) < 4.78 is 5.25. The fraction of sp³-hybridized carbons (Fsp3) is 0.385. The Kier molecular flexibility index (Phi) is 2.98. The van der Waals surface area contributed by atoms with Crippen LogP contribution in [0, 0.1) is 0 Å². The number of nitrogens with zero attached hydrogens (tertiary/aromatic N) is 2. The molecule has 0 radical (unpaired) electrons. The monoisotopic (exact) mass is 248 g/mol. The van der Waals surface area contributed by atoms with Crippen molar-refractivity contribution in [1.82, 2.24) is 4.98 Å². The molecular formula is C13H16N2O3. The number of oxazole rings is 1. The lowest BCUT2D eigenvalue weighted by molar-refractivity contribution is -0.138. The molecule has 0 amide bonds. The van der Waals surface area contributed by atoms with Crippen LogP contribution in [0.3, 0.4) is 0 Å². The smallest absolute Gasteiger partial charge is 0.305 e. The van der Waals surface area contributed by atoms with E-state index in [0.717, 1.165) is 11.2 Å². The number of hydrogen-bond acceptors (Lipinski definition) is 4. The second-order valence-corrected chi connectivity index (χ2v) is 4.95. The molecule has 0 saturated heterocycles. The number of fused-ring (bicyclic) bond motifs is 1. The molecule has 0 aliphatic rings. The van der Waals surface area contributed by atoms with Gasteiger partial charge in [0, 0.05) is 24.3 Å². The van der Waals surface area contributed by atoms with E-state index in [-0.39, 0.29) is 6.42 Å². The van der Waals surface area contributed by atoms with Gasteiger partial charge in [-0.1, -0.05) is 0 Å². The third-order valence-corrected chi connectivity index (χ3v) is 3.19. The Morgan fingerprint density at radius 3 is 2.89 bits per heavy atom. The van der Waals surface area contributed by atoms with Gasteiger partial charge in [-0.3, -0.25) is 4.79 Å². The SMILES string of the molecule is CN(c1ccc2ncoc2c1)C(C)(C)CC(=O)O. The van der Waals surface area contributed by atoms with E-state index in [2.05, 4.69) is 4.98 Å². The molecule has 0 aliphatic carbocycles. The summed E-state index contributed by atoms with van der Waals surface area (Å²) in [5, 5.41) is 8.93. The van der Waals surface area contributed by atoms with Crippen molar-refractivity contribution in [1.29, 1.82) is 0 Å². The highest BCUT2D eigenvalue weighted by molar-refractivity contribution is 5.77. The standard InChI is InChI=1S/C13H16N2O3/c1-13(2,7-12(16)17)15(3)9-4-5-10-11(6-9)18-8-14-10/h4-6,8H,7H2,1-3H3,(H,16,17). The van der Waals surface area contributed by atoms with E-state index < -0.39 is 11.5 Å². The first kappa shape index (κ1) is 12.4. The average molecular weight is 248 g/mol. The van der Waals surface area contributed by atoms with E-state index in [1.54, 1.807) is 0 Å². The van der Waals surface area contributed by atoms with Crippen molar-refractivity contribution in [2.24, 2.45) is 0 Å². The van der Waals surface area contributed by atoms with Crippen LogP contribution in [0.25, 0.3) is 11.1 Å². The van der Waals surface area contributed by atoms with Crippen LogP contribution in [0.2, 0.25) is 0 Å². The molecule has 0 aliphatic heterocycles. The lowest BCUT2D eigenvalue weighted by Crippen LogP contribution is -2.43. The Morgan fingerprint density at radius 2 is 2.22 bits per heavy atom. The molecule has 5 heteroatoms. The van der Waals surface area contributed by atoms with Crippen molar-refractivity contribution in [3.05, 3.63) is 24.6 Å². The Balaban J connectivity index is 2.31. The summed E-state index contributed by atoms with van der Waals surface area (Å²) >= 11 is 0. The van der Waals surface area contributed by atoms with Crippen LogP contribution in [0.15, 0.2) is 29.0 Å². The molecule has 0 unspecified atom stereocenters. The van der Waals surface area contributed by atoms with E-state index >= 15 is 0 Å². The third kappa shape index (κ3) is 2.30. The normalized spacial score (nSPS) is 11.7. The fourth-order valence-corrected chi connectivity index (χ4v) is 1.89. The van der Waals surface area contributed by atoms with Gasteiger partial charge >= 0.3 is 5.97 Å². The lowest BCUT2D eigenvalue weighted by atomic mass is 9.98. The highest BCUT2D eigenvalue weighted by Gasteiger charge is 2.27. The van der Waals surface area contributed by atoms with Crippen LogP contribution >= 0.6 is 0 Å². The second kappa shape index (κ2) is 4.33. The van der Waals surface area contributed by atoms with E-state index in [4.69, 9.17) is 9.52 Å². The van der Waals surface area contributed by atoms with E-state index in [0.29, 0.717) is 5.58 Å². The number of carboxylic acid groups (broad SMARTS) is 1. The molecule has 0 fully saturated rings. The highest BCUT2D eigenvalue weighted by atomic mass is 16.4. The second-order valence-electron chi connectivity index (χ2n) is 4.95. The van der Waals surface area contributed by atoms with Crippen molar-refractivity contribution >= 4 is 22.8 Å². The van der Waals surface area contributed by atoms with Gasteiger partial charge in [-0.2, -0.15) is 0 Å². The first-order chi connectivity index (χ1) is 8.40. The maximum Gasteiger partial charge on any atom is 0.305 e. The van der Waals surface area contributed by atoms with Gasteiger partial charge in [-0.05, 0) is 26.0 Å². The summed E-state index contributed by atoms with van der Waals surface area (Å²) in [5.74, 6) is -0.812. The van der Waals surface area contributed by atoms with Crippen molar-refractivity contribution in [3.63, 3.8) is 0 Å². The number of hydrogen-bond donors (Lipinski definition) is 1. The highest BCUT2D eigenvalue weighted by Crippen LogP contribution is 2.27. The first-order valence-electron chi connectivity index (χ1n) is 5.69. The molecule has 2 rings (SSSR count). The van der Waals surface area contributed by atoms with Crippen molar-refractivity contribution in [3.8, 4) is 0 Å². The van der Waals surface area contributed by atoms with Gasteiger partial charge in [-0.15, -0.1) is 0 Å². The Morgan fingerprint density at radius 1 is 1.50 bits per heavy atom. The molecule has 2 aromatic rings. The molecule has 1 aromatic carbocycles. The molecule has 18 heavy (non-hydrogen) atoms. The van der Waals surface area contributed by atoms with Gasteiger partial charge in [0.15, 0.2) is 12.0 Å². The molecule has 5 nitrogen and oxygen atoms in total. The summed E-state index contributed by atoms with van der Waals surface area (Å²) in [6.07, 6.45) is 1.47. The molecule has 0 atom stereocenters. The molecule has 0 bridgehead atoms. The van der Waals surface area contributed by atoms with Gasteiger partial charge in [0.25, 0.3) is 0 Å². The number of aliphatic carboxylic acids is 1. The third-order valence-electron chi connectivity index (χ3n) is 3.19. The molecule has 1 N–H and O–H groups in total. The minimum absolute atomic E-state index is 0.0674. The van der Waals surface area contributed by atoms with Crippen LogP contribution < -0.4 is 4.90 Å². The average Bonchev–Trinajstić information content (AvgIpc) is 2.72. The Bertz CT molecular complexity index is 574. The summed E-state index contributed by atoms with van der Waals surface area (Å²) in [6, 6.07) is 5.64. The summed E-state index contributed by atoms with van der Waals surface area (Å²) in [7, 11) is 1.88. The van der Waals surface area contributed by atoms with Crippen LogP contribution in [-0.2, 0) is 4.79 Å².